The maximum absolute atomic E-state index is 12.3. The van der Waals surface area contributed by atoms with Crippen molar-refractivity contribution in [2.45, 2.75) is 40.0 Å². The molecule has 1 atom stereocenters. The molecule has 0 saturated heterocycles. The van der Waals surface area contributed by atoms with Gasteiger partial charge in [0.25, 0.3) is 0 Å². The van der Waals surface area contributed by atoms with Gasteiger partial charge in [-0.1, -0.05) is 44.2 Å². The number of hydrogen-bond donors (Lipinski definition) is 2. The van der Waals surface area contributed by atoms with Gasteiger partial charge in [0.2, 0.25) is 0 Å². The Balaban J connectivity index is 2.13. The second kappa shape index (κ2) is 7.77. The Kier molecular flexibility index (Phi) is 5.74. The fraction of sp³-hybridized carbons (Fsp3) is 0.300. The summed E-state index contributed by atoms with van der Waals surface area (Å²) in [5.74, 6) is -1.02. The molecule has 0 aliphatic rings. The van der Waals surface area contributed by atoms with Gasteiger partial charge in [-0.25, -0.2) is 0 Å². The minimum absolute atomic E-state index is 0.309. The third-order valence-corrected chi connectivity index (χ3v) is 4.20. The number of rotatable bonds is 4. The predicted octanol–water partition coefficient (Wildman–Crippen LogP) is 4.39. The summed E-state index contributed by atoms with van der Waals surface area (Å²) in [6, 6.07) is 13.3. The van der Waals surface area contributed by atoms with Gasteiger partial charge in [-0.15, -0.1) is 0 Å². The van der Waals surface area contributed by atoms with Crippen LogP contribution in [0.5, 0.6) is 0 Å². The largest absolute Gasteiger partial charge is 0.318 e. The van der Waals surface area contributed by atoms with E-state index in [1.165, 1.54) is 0 Å². The normalized spacial score (nSPS) is 11.7. The Morgan fingerprint density at radius 3 is 2.25 bits per heavy atom. The molecule has 2 aromatic rings. The number of para-hydroxylation sites is 1. The van der Waals surface area contributed by atoms with Gasteiger partial charge in [0.05, 0.1) is 0 Å². The van der Waals surface area contributed by atoms with Gasteiger partial charge in [-0.3, -0.25) is 9.59 Å². The van der Waals surface area contributed by atoms with E-state index in [0.717, 1.165) is 23.1 Å². The highest BCUT2D eigenvalue weighted by Crippen LogP contribution is 2.26. The number of hydrogen-bond acceptors (Lipinski definition) is 2. The molecule has 126 valence electrons. The van der Waals surface area contributed by atoms with E-state index in [2.05, 4.69) is 24.5 Å². The summed E-state index contributed by atoms with van der Waals surface area (Å²) in [5.41, 5.74) is 4.33. The molecule has 2 rings (SSSR count). The summed E-state index contributed by atoms with van der Waals surface area (Å²) < 4.78 is 0. The quantitative estimate of drug-likeness (QED) is 0.819. The van der Waals surface area contributed by atoms with Crippen LogP contribution in [0.2, 0.25) is 0 Å². The smallest absolute Gasteiger partial charge is 0.314 e. The number of carbonyl (C=O) groups excluding carboxylic acids is 2. The number of benzene rings is 2. The molecule has 0 aliphatic heterocycles. The Morgan fingerprint density at radius 2 is 1.58 bits per heavy atom. The van der Waals surface area contributed by atoms with E-state index >= 15 is 0 Å². The molecule has 0 bridgehead atoms. The molecule has 0 aliphatic carbocycles. The lowest BCUT2D eigenvalue weighted by atomic mass is 9.97. The van der Waals surface area contributed by atoms with Crippen LogP contribution < -0.4 is 10.6 Å². The van der Waals surface area contributed by atoms with Crippen LogP contribution in [0.1, 0.15) is 42.9 Å². The number of anilines is 2. The summed E-state index contributed by atoms with van der Waals surface area (Å²) in [5, 5.41) is 5.41. The van der Waals surface area contributed by atoms with Gasteiger partial charge in [-0.05, 0) is 55.0 Å². The molecule has 0 saturated carbocycles. The van der Waals surface area contributed by atoms with Gasteiger partial charge in [0, 0.05) is 11.4 Å². The summed E-state index contributed by atoms with van der Waals surface area (Å²) >= 11 is 0. The lowest BCUT2D eigenvalue weighted by molar-refractivity contribution is -0.133. The molecule has 2 amide bonds. The monoisotopic (exact) mass is 324 g/mol. The van der Waals surface area contributed by atoms with Crippen molar-refractivity contribution >= 4 is 23.2 Å². The molecular weight excluding hydrogens is 300 g/mol. The first kappa shape index (κ1) is 17.7. The Bertz CT molecular complexity index is 753. The van der Waals surface area contributed by atoms with Gasteiger partial charge in [-0.2, -0.15) is 0 Å². The minimum Gasteiger partial charge on any atom is -0.318 e. The summed E-state index contributed by atoms with van der Waals surface area (Å²) in [7, 11) is 0. The van der Waals surface area contributed by atoms with E-state index in [9.17, 15) is 9.59 Å². The Labute approximate surface area is 143 Å². The van der Waals surface area contributed by atoms with Crippen molar-refractivity contribution in [3.05, 3.63) is 59.2 Å². The first-order valence-corrected chi connectivity index (χ1v) is 8.21. The molecule has 0 radical (unpaired) electrons. The average Bonchev–Trinajstić information content (AvgIpc) is 2.57. The molecule has 2 N–H and O–H groups in total. The van der Waals surface area contributed by atoms with Crippen LogP contribution in [-0.2, 0) is 9.59 Å². The summed E-state index contributed by atoms with van der Waals surface area (Å²) in [4.78, 5) is 24.5. The maximum atomic E-state index is 12.3. The Morgan fingerprint density at radius 1 is 0.958 bits per heavy atom. The molecule has 0 heterocycles. The lowest BCUT2D eigenvalue weighted by Gasteiger charge is -2.15. The van der Waals surface area contributed by atoms with Crippen LogP contribution >= 0.6 is 0 Å². The van der Waals surface area contributed by atoms with Gasteiger partial charge >= 0.3 is 11.8 Å². The first-order chi connectivity index (χ1) is 11.4. The molecule has 4 heteroatoms. The highest BCUT2D eigenvalue weighted by Gasteiger charge is 2.17. The zero-order valence-electron chi connectivity index (χ0n) is 14.6. The zero-order valence-corrected chi connectivity index (χ0v) is 14.6. The minimum atomic E-state index is -0.664. The summed E-state index contributed by atoms with van der Waals surface area (Å²) in [6.07, 6.45) is 0.960. The van der Waals surface area contributed by atoms with Crippen LogP contribution in [0, 0.1) is 13.8 Å². The van der Waals surface area contributed by atoms with Crippen LogP contribution in [0.4, 0.5) is 11.4 Å². The van der Waals surface area contributed by atoms with Crippen molar-refractivity contribution in [1.29, 1.82) is 0 Å². The summed E-state index contributed by atoms with van der Waals surface area (Å²) in [6.45, 7) is 8.03. The van der Waals surface area contributed by atoms with E-state index < -0.39 is 11.8 Å². The van der Waals surface area contributed by atoms with Crippen LogP contribution in [0.25, 0.3) is 0 Å². The second-order valence-electron chi connectivity index (χ2n) is 6.12. The zero-order chi connectivity index (χ0) is 17.7. The fourth-order valence-electron chi connectivity index (χ4n) is 2.49. The third-order valence-electron chi connectivity index (χ3n) is 4.20. The van der Waals surface area contributed by atoms with E-state index in [0.29, 0.717) is 17.3 Å². The van der Waals surface area contributed by atoms with Crippen molar-refractivity contribution in [3.63, 3.8) is 0 Å². The van der Waals surface area contributed by atoms with E-state index in [4.69, 9.17) is 0 Å². The van der Waals surface area contributed by atoms with Gasteiger partial charge < -0.3 is 10.6 Å². The number of nitrogens with one attached hydrogen (secondary N) is 2. The molecule has 0 aromatic heterocycles. The van der Waals surface area contributed by atoms with Crippen LogP contribution in [0.3, 0.4) is 0 Å². The van der Waals surface area contributed by atoms with Crippen molar-refractivity contribution in [2.75, 3.05) is 10.6 Å². The molecule has 4 nitrogen and oxygen atoms in total. The Hall–Kier alpha value is -2.62. The van der Waals surface area contributed by atoms with Crippen molar-refractivity contribution in [3.8, 4) is 0 Å². The number of aryl methyl sites for hydroxylation is 2. The topological polar surface area (TPSA) is 58.2 Å². The van der Waals surface area contributed by atoms with Gasteiger partial charge in [0.1, 0.15) is 0 Å². The van der Waals surface area contributed by atoms with E-state index in [1.54, 1.807) is 0 Å². The van der Waals surface area contributed by atoms with Crippen LogP contribution in [0.15, 0.2) is 42.5 Å². The molecule has 0 spiro atoms. The molecule has 1 unspecified atom stereocenters. The van der Waals surface area contributed by atoms with Crippen molar-refractivity contribution < 1.29 is 9.59 Å². The fourth-order valence-corrected chi connectivity index (χ4v) is 2.49. The lowest BCUT2D eigenvalue weighted by Crippen LogP contribution is -2.29. The number of carbonyl (C=O) groups is 2. The third kappa shape index (κ3) is 4.22. The number of amides is 2. The predicted molar refractivity (Wildman–Crippen MR) is 98.3 cm³/mol. The average molecular weight is 324 g/mol. The highest BCUT2D eigenvalue weighted by atomic mass is 16.2. The maximum Gasteiger partial charge on any atom is 0.314 e. The highest BCUT2D eigenvalue weighted by molar-refractivity contribution is 6.43. The molecule has 24 heavy (non-hydrogen) atoms. The SMILES string of the molecule is CCC(C)c1ccccc1NC(=O)C(=O)Nc1cc(C)ccc1C. The molecule has 0 fully saturated rings. The molecule has 2 aromatic carbocycles. The standard InChI is InChI=1S/C20H24N2O2/c1-5-14(3)16-8-6-7-9-17(16)21-19(23)20(24)22-18-12-13(2)10-11-15(18)4/h6-12,14H,5H2,1-4H3,(H,21,23)(H,22,24). The van der Waals surface area contributed by atoms with Gasteiger partial charge in [0.15, 0.2) is 0 Å². The molecular formula is C20H24N2O2. The van der Waals surface area contributed by atoms with Crippen molar-refractivity contribution in [2.24, 2.45) is 0 Å². The van der Waals surface area contributed by atoms with Crippen molar-refractivity contribution in [1.82, 2.24) is 0 Å². The first-order valence-electron chi connectivity index (χ1n) is 8.21. The van der Waals surface area contributed by atoms with Crippen LogP contribution in [-0.4, -0.2) is 11.8 Å². The van der Waals surface area contributed by atoms with E-state index in [-0.39, 0.29) is 0 Å². The second-order valence-corrected chi connectivity index (χ2v) is 6.12. The van der Waals surface area contributed by atoms with E-state index in [1.807, 2.05) is 56.3 Å².